The number of ether oxygens (including phenoxy) is 1. The summed E-state index contributed by atoms with van der Waals surface area (Å²) < 4.78 is 5.42. The largest absolute Gasteiger partial charge is 0.349 e. The number of nitrogens with zero attached hydrogens (tertiary/aromatic N) is 3. The summed E-state index contributed by atoms with van der Waals surface area (Å²) in [5, 5.41) is 3.13. The van der Waals surface area contributed by atoms with E-state index in [1.165, 1.54) is 12.7 Å². The summed E-state index contributed by atoms with van der Waals surface area (Å²) >= 11 is 5.81. The van der Waals surface area contributed by atoms with Gasteiger partial charge in [0, 0.05) is 13.1 Å². The zero-order valence-electron chi connectivity index (χ0n) is 6.85. The van der Waals surface area contributed by atoms with E-state index in [-0.39, 0.29) is 11.7 Å². The first-order chi connectivity index (χ1) is 6.36. The summed E-state index contributed by atoms with van der Waals surface area (Å²) in [6, 6.07) is 0. The van der Waals surface area contributed by atoms with Gasteiger partial charge in [-0.1, -0.05) is 11.6 Å². The molecule has 2 unspecified atom stereocenters. The van der Waals surface area contributed by atoms with Crippen LogP contribution in [0.3, 0.4) is 0 Å². The van der Waals surface area contributed by atoms with E-state index in [2.05, 4.69) is 20.3 Å². The Morgan fingerprint density at radius 3 is 2.85 bits per heavy atom. The van der Waals surface area contributed by atoms with E-state index in [0.717, 1.165) is 0 Å². The summed E-state index contributed by atoms with van der Waals surface area (Å²) in [5.74, 6) is 0.618. The quantitative estimate of drug-likeness (QED) is 0.652. The Morgan fingerprint density at radius 1 is 1.38 bits per heavy atom. The van der Waals surface area contributed by atoms with Crippen molar-refractivity contribution in [1.82, 2.24) is 20.3 Å². The molecule has 0 aliphatic carbocycles. The van der Waals surface area contributed by atoms with E-state index in [0.29, 0.717) is 18.9 Å². The van der Waals surface area contributed by atoms with Crippen molar-refractivity contribution in [3.05, 3.63) is 18.5 Å². The van der Waals surface area contributed by atoms with Crippen molar-refractivity contribution in [1.29, 1.82) is 0 Å². The molecule has 5 nitrogen and oxygen atoms in total. The second kappa shape index (κ2) is 3.95. The van der Waals surface area contributed by atoms with Crippen LogP contribution in [0.1, 0.15) is 11.9 Å². The van der Waals surface area contributed by atoms with E-state index in [1.54, 1.807) is 0 Å². The third-order valence-electron chi connectivity index (χ3n) is 1.75. The van der Waals surface area contributed by atoms with Crippen molar-refractivity contribution in [3.63, 3.8) is 0 Å². The van der Waals surface area contributed by atoms with Crippen LogP contribution in [0, 0.1) is 0 Å². The molecular weight excluding hydrogens is 192 g/mol. The fraction of sp³-hybridized carbons (Fsp3) is 0.571. The highest BCUT2D eigenvalue weighted by Gasteiger charge is 2.23. The third-order valence-corrected chi connectivity index (χ3v) is 2.00. The van der Waals surface area contributed by atoms with Gasteiger partial charge in [0.2, 0.25) is 0 Å². The predicted molar refractivity (Wildman–Crippen MR) is 46.2 cm³/mol. The molecule has 1 N–H and O–H groups in total. The molecule has 70 valence electrons. The Hall–Kier alpha value is -0.780. The van der Waals surface area contributed by atoms with Crippen molar-refractivity contribution < 1.29 is 4.74 Å². The molecule has 0 spiro atoms. The molecule has 13 heavy (non-hydrogen) atoms. The lowest BCUT2D eigenvalue weighted by atomic mass is 10.3. The fourth-order valence-corrected chi connectivity index (χ4v) is 1.40. The molecule has 0 bridgehead atoms. The van der Waals surface area contributed by atoms with Crippen LogP contribution in [0.4, 0.5) is 0 Å². The number of hydrogen-bond donors (Lipinski definition) is 1. The Morgan fingerprint density at radius 2 is 2.15 bits per heavy atom. The van der Waals surface area contributed by atoms with Crippen molar-refractivity contribution >= 4 is 11.6 Å². The lowest BCUT2D eigenvalue weighted by Gasteiger charge is -2.25. The second-order valence-corrected chi connectivity index (χ2v) is 3.18. The maximum atomic E-state index is 5.81. The minimum absolute atomic E-state index is 0.167. The van der Waals surface area contributed by atoms with Crippen LogP contribution in [-0.2, 0) is 4.74 Å². The minimum Gasteiger partial charge on any atom is -0.349 e. The summed E-state index contributed by atoms with van der Waals surface area (Å²) in [7, 11) is 0. The average molecular weight is 201 g/mol. The fourth-order valence-electron chi connectivity index (χ4n) is 1.17. The normalized spacial score (nSPS) is 28.7. The minimum atomic E-state index is -0.310. The van der Waals surface area contributed by atoms with Crippen LogP contribution in [0.15, 0.2) is 12.7 Å². The zero-order valence-corrected chi connectivity index (χ0v) is 7.61. The highest BCUT2D eigenvalue weighted by atomic mass is 35.5. The Balaban J connectivity index is 2.08. The Kier molecular flexibility index (Phi) is 2.68. The summed E-state index contributed by atoms with van der Waals surface area (Å²) in [6.45, 7) is 1.34. The van der Waals surface area contributed by atoms with E-state index in [1.807, 2.05) is 0 Å². The number of aromatic nitrogens is 3. The number of nitrogens with one attached hydrogen (secondary N) is 1. The monoisotopic (exact) mass is 200 g/mol. The van der Waals surface area contributed by atoms with Gasteiger partial charge in [-0.15, -0.1) is 0 Å². The van der Waals surface area contributed by atoms with Crippen LogP contribution in [0.25, 0.3) is 0 Å². The number of halogens is 1. The van der Waals surface area contributed by atoms with Gasteiger partial charge in [-0.3, -0.25) is 0 Å². The van der Waals surface area contributed by atoms with Crippen LogP contribution >= 0.6 is 11.6 Å². The van der Waals surface area contributed by atoms with Crippen molar-refractivity contribution in [2.75, 3.05) is 13.1 Å². The third kappa shape index (κ3) is 2.12. The van der Waals surface area contributed by atoms with Gasteiger partial charge in [-0.25, -0.2) is 15.0 Å². The molecule has 1 aromatic heterocycles. The predicted octanol–water partition coefficient (Wildman–Crippen LogP) is 0.0974. The van der Waals surface area contributed by atoms with Gasteiger partial charge in [0.25, 0.3) is 0 Å². The first-order valence-corrected chi connectivity index (χ1v) is 4.42. The van der Waals surface area contributed by atoms with Crippen molar-refractivity contribution in [2.24, 2.45) is 0 Å². The molecule has 1 saturated heterocycles. The van der Waals surface area contributed by atoms with Crippen LogP contribution in [0.2, 0.25) is 0 Å². The molecule has 2 atom stereocenters. The molecule has 1 aliphatic heterocycles. The maximum absolute atomic E-state index is 5.81. The van der Waals surface area contributed by atoms with Gasteiger partial charge in [0.05, 0.1) is 0 Å². The van der Waals surface area contributed by atoms with Crippen molar-refractivity contribution in [2.45, 2.75) is 11.7 Å². The van der Waals surface area contributed by atoms with Gasteiger partial charge in [0.1, 0.15) is 24.3 Å². The van der Waals surface area contributed by atoms with E-state index >= 15 is 0 Å². The van der Waals surface area contributed by atoms with Gasteiger partial charge >= 0.3 is 0 Å². The highest BCUT2D eigenvalue weighted by molar-refractivity contribution is 6.19. The lowest BCUT2D eigenvalue weighted by Crippen LogP contribution is -2.38. The molecule has 0 aromatic carbocycles. The van der Waals surface area contributed by atoms with Crippen molar-refractivity contribution in [3.8, 4) is 0 Å². The topological polar surface area (TPSA) is 59.9 Å². The van der Waals surface area contributed by atoms with Crippen LogP contribution < -0.4 is 5.32 Å². The lowest BCUT2D eigenvalue weighted by molar-refractivity contribution is -0.00161. The van der Waals surface area contributed by atoms with Gasteiger partial charge in [-0.2, -0.15) is 0 Å². The number of morpholine rings is 1. The molecule has 1 fully saturated rings. The van der Waals surface area contributed by atoms with E-state index in [9.17, 15) is 0 Å². The molecule has 1 aliphatic rings. The van der Waals surface area contributed by atoms with E-state index < -0.39 is 0 Å². The number of alkyl halides is 1. The van der Waals surface area contributed by atoms with Crippen LogP contribution in [0.5, 0.6) is 0 Å². The number of rotatable bonds is 1. The van der Waals surface area contributed by atoms with E-state index in [4.69, 9.17) is 16.3 Å². The zero-order chi connectivity index (χ0) is 9.10. The second-order valence-electron chi connectivity index (χ2n) is 2.69. The summed E-state index contributed by atoms with van der Waals surface area (Å²) in [6.07, 6.45) is 2.73. The molecular formula is C7H9ClN4O. The Labute approximate surface area is 80.5 Å². The summed E-state index contributed by atoms with van der Waals surface area (Å²) in [5.41, 5.74) is -0.310. The van der Waals surface area contributed by atoms with Gasteiger partial charge < -0.3 is 10.1 Å². The molecule has 0 saturated carbocycles. The molecule has 2 rings (SSSR count). The molecule has 6 heteroatoms. The smallest absolute Gasteiger partial charge is 0.162 e. The Bertz CT molecular complexity index is 270. The SMILES string of the molecule is ClC1CNCC(c2ncncn2)O1. The van der Waals surface area contributed by atoms with Gasteiger partial charge in [-0.05, 0) is 0 Å². The molecule has 2 heterocycles. The van der Waals surface area contributed by atoms with Gasteiger partial charge in [0.15, 0.2) is 5.82 Å². The standard InChI is InChI=1S/C7H9ClN4O/c8-6-2-9-1-5(13-6)7-11-3-10-4-12-7/h3-6,9H,1-2H2. The highest BCUT2D eigenvalue weighted by Crippen LogP contribution is 2.18. The first-order valence-electron chi connectivity index (χ1n) is 3.98. The number of hydrogen-bond acceptors (Lipinski definition) is 5. The average Bonchev–Trinajstić information content (AvgIpc) is 2.19. The molecule has 1 aromatic rings. The molecule has 0 radical (unpaired) electrons. The van der Waals surface area contributed by atoms with Crippen LogP contribution in [-0.4, -0.2) is 33.6 Å². The first kappa shape index (κ1) is 8.80. The maximum Gasteiger partial charge on any atom is 0.162 e. The summed E-state index contributed by atoms with van der Waals surface area (Å²) in [4.78, 5) is 11.7. The molecule has 0 amide bonds.